The van der Waals surface area contributed by atoms with Gasteiger partial charge in [0, 0.05) is 20.2 Å². The van der Waals surface area contributed by atoms with Crippen molar-refractivity contribution in [3.8, 4) is 0 Å². The van der Waals surface area contributed by atoms with Gasteiger partial charge in [-0.3, -0.25) is 10.3 Å². The zero-order valence-corrected chi connectivity index (χ0v) is 10.4. The fourth-order valence-corrected chi connectivity index (χ4v) is 1.73. The zero-order chi connectivity index (χ0) is 11.8. The minimum Gasteiger partial charge on any atom is -0.386 e. The van der Waals surface area contributed by atoms with Crippen LogP contribution in [0.15, 0.2) is 0 Å². The third-order valence-corrected chi connectivity index (χ3v) is 2.37. The molecule has 0 radical (unpaired) electrons. The summed E-state index contributed by atoms with van der Waals surface area (Å²) in [6.07, 6.45) is 0.881. The Morgan fingerprint density at radius 3 is 2.40 bits per heavy atom. The predicted octanol–water partition coefficient (Wildman–Crippen LogP) is 1.31. The molecule has 0 aliphatic heterocycles. The van der Waals surface area contributed by atoms with E-state index in [1.807, 2.05) is 0 Å². The highest BCUT2D eigenvalue weighted by atomic mass is 16.5. The van der Waals surface area contributed by atoms with Crippen LogP contribution in [0.1, 0.15) is 27.2 Å². The highest BCUT2D eigenvalue weighted by molar-refractivity contribution is 5.82. The van der Waals surface area contributed by atoms with Crippen LogP contribution >= 0.6 is 0 Å². The van der Waals surface area contributed by atoms with E-state index in [0.29, 0.717) is 12.5 Å². The van der Waals surface area contributed by atoms with Gasteiger partial charge in [-0.1, -0.05) is 20.8 Å². The van der Waals surface area contributed by atoms with Crippen molar-refractivity contribution in [3.05, 3.63) is 0 Å². The van der Waals surface area contributed by atoms with E-state index in [4.69, 9.17) is 15.9 Å². The third kappa shape index (κ3) is 5.74. The van der Waals surface area contributed by atoms with E-state index >= 15 is 0 Å². The van der Waals surface area contributed by atoms with Crippen molar-refractivity contribution in [3.63, 3.8) is 0 Å². The van der Waals surface area contributed by atoms with Crippen LogP contribution in [0.25, 0.3) is 0 Å². The van der Waals surface area contributed by atoms with E-state index in [1.165, 1.54) is 0 Å². The van der Waals surface area contributed by atoms with Gasteiger partial charge in [-0.25, -0.2) is 0 Å². The molecule has 0 aromatic heterocycles. The molecule has 0 rings (SSSR count). The van der Waals surface area contributed by atoms with E-state index in [-0.39, 0.29) is 11.9 Å². The molecule has 0 amide bonds. The minimum atomic E-state index is 0.0579. The first-order chi connectivity index (χ1) is 7.02. The summed E-state index contributed by atoms with van der Waals surface area (Å²) in [5, 5.41) is 7.56. The Morgan fingerprint density at radius 1 is 1.47 bits per heavy atom. The SMILES string of the molecule is CCC(C(=N)N)N(CCOC)CC(C)C. The topological polar surface area (TPSA) is 62.3 Å². The van der Waals surface area contributed by atoms with Gasteiger partial charge in [-0.2, -0.15) is 0 Å². The number of amidine groups is 1. The molecule has 0 bridgehead atoms. The van der Waals surface area contributed by atoms with Gasteiger partial charge >= 0.3 is 0 Å². The average Bonchev–Trinajstić information content (AvgIpc) is 2.13. The number of hydrogen-bond donors (Lipinski definition) is 2. The molecule has 0 saturated heterocycles. The molecule has 0 spiro atoms. The molecule has 4 heteroatoms. The lowest BCUT2D eigenvalue weighted by Crippen LogP contribution is -2.46. The first-order valence-corrected chi connectivity index (χ1v) is 5.59. The summed E-state index contributed by atoms with van der Waals surface area (Å²) in [5.41, 5.74) is 5.60. The summed E-state index contributed by atoms with van der Waals surface area (Å²) >= 11 is 0. The summed E-state index contributed by atoms with van der Waals surface area (Å²) in [6.45, 7) is 8.90. The molecule has 4 nitrogen and oxygen atoms in total. The number of nitrogens with zero attached hydrogens (tertiary/aromatic N) is 1. The first kappa shape index (κ1) is 14.4. The molecule has 0 heterocycles. The van der Waals surface area contributed by atoms with Gasteiger partial charge < -0.3 is 10.5 Å². The standard InChI is InChI=1S/C11H25N3O/c1-5-10(11(12)13)14(6-7-15-4)8-9(2)3/h9-10H,5-8H2,1-4H3,(H3,12,13). The van der Waals surface area contributed by atoms with Crippen LogP contribution in [0.3, 0.4) is 0 Å². The van der Waals surface area contributed by atoms with Gasteiger partial charge in [0.15, 0.2) is 0 Å². The molecule has 0 aromatic carbocycles. The zero-order valence-electron chi connectivity index (χ0n) is 10.4. The molecule has 0 fully saturated rings. The smallest absolute Gasteiger partial charge is 0.108 e. The number of rotatable bonds is 8. The number of methoxy groups -OCH3 is 1. The fraction of sp³-hybridized carbons (Fsp3) is 0.909. The second-order valence-electron chi connectivity index (χ2n) is 4.26. The van der Waals surface area contributed by atoms with Crippen molar-refractivity contribution in [1.29, 1.82) is 5.41 Å². The maximum atomic E-state index is 7.56. The van der Waals surface area contributed by atoms with Crippen molar-refractivity contribution >= 4 is 5.84 Å². The second-order valence-corrected chi connectivity index (χ2v) is 4.26. The summed E-state index contributed by atoms with van der Waals surface area (Å²) in [5.74, 6) is 0.838. The Hall–Kier alpha value is -0.610. The van der Waals surface area contributed by atoms with Crippen molar-refractivity contribution in [2.75, 3.05) is 26.8 Å². The summed E-state index contributed by atoms with van der Waals surface area (Å²) in [7, 11) is 1.70. The van der Waals surface area contributed by atoms with Gasteiger partial charge in [-0.15, -0.1) is 0 Å². The fourth-order valence-electron chi connectivity index (χ4n) is 1.73. The molecule has 90 valence electrons. The highest BCUT2D eigenvalue weighted by Gasteiger charge is 2.19. The van der Waals surface area contributed by atoms with Gasteiger partial charge in [0.2, 0.25) is 0 Å². The molecule has 1 atom stereocenters. The second kappa shape index (κ2) is 7.65. The normalized spacial score (nSPS) is 13.5. The summed E-state index contributed by atoms with van der Waals surface area (Å²) in [4.78, 5) is 2.23. The summed E-state index contributed by atoms with van der Waals surface area (Å²) in [6, 6.07) is 0.0579. The highest BCUT2D eigenvalue weighted by Crippen LogP contribution is 2.07. The van der Waals surface area contributed by atoms with E-state index in [1.54, 1.807) is 7.11 Å². The maximum Gasteiger partial charge on any atom is 0.108 e. The molecule has 0 aliphatic rings. The van der Waals surface area contributed by atoms with Crippen molar-refractivity contribution in [2.45, 2.75) is 33.2 Å². The number of ether oxygens (including phenoxy) is 1. The Bertz CT molecular complexity index is 183. The largest absolute Gasteiger partial charge is 0.386 e. The minimum absolute atomic E-state index is 0.0579. The van der Waals surface area contributed by atoms with E-state index in [9.17, 15) is 0 Å². The molecule has 1 unspecified atom stereocenters. The van der Waals surface area contributed by atoms with Gasteiger partial charge in [-0.05, 0) is 12.3 Å². The van der Waals surface area contributed by atoms with Crippen LogP contribution in [0.4, 0.5) is 0 Å². The Balaban J connectivity index is 4.35. The summed E-state index contributed by atoms with van der Waals surface area (Å²) < 4.78 is 5.08. The van der Waals surface area contributed by atoms with Crippen LogP contribution in [-0.4, -0.2) is 43.6 Å². The molecule has 0 aromatic rings. The predicted molar refractivity (Wildman–Crippen MR) is 64.3 cm³/mol. The molecule has 15 heavy (non-hydrogen) atoms. The van der Waals surface area contributed by atoms with Crippen molar-refractivity contribution in [2.24, 2.45) is 11.7 Å². The lowest BCUT2D eigenvalue weighted by Gasteiger charge is -2.31. The molecule has 3 N–H and O–H groups in total. The lowest BCUT2D eigenvalue weighted by atomic mass is 10.1. The van der Waals surface area contributed by atoms with E-state index in [2.05, 4.69) is 25.7 Å². The quantitative estimate of drug-likeness (QED) is 0.474. The molecular weight excluding hydrogens is 190 g/mol. The number of hydrogen-bond acceptors (Lipinski definition) is 3. The van der Waals surface area contributed by atoms with Crippen LogP contribution in [-0.2, 0) is 4.74 Å². The average molecular weight is 215 g/mol. The monoisotopic (exact) mass is 215 g/mol. The lowest BCUT2D eigenvalue weighted by molar-refractivity contribution is 0.126. The van der Waals surface area contributed by atoms with Gasteiger partial charge in [0.05, 0.1) is 12.6 Å². The Kier molecular flexibility index (Phi) is 7.34. The van der Waals surface area contributed by atoms with Crippen LogP contribution in [0.5, 0.6) is 0 Å². The third-order valence-electron chi connectivity index (χ3n) is 2.37. The van der Waals surface area contributed by atoms with Crippen LogP contribution < -0.4 is 5.73 Å². The molecule has 0 saturated carbocycles. The Labute approximate surface area is 93.3 Å². The number of nitrogens with one attached hydrogen (secondary N) is 1. The molecular formula is C11H25N3O. The van der Waals surface area contributed by atoms with E-state index in [0.717, 1.165) is 19.5 Å². The first-order valence-electron chi connectivity index (χ1n) is 5.59. The van der Waals surface area contributed by atoms with Crippen LogP contribution in [0.2, 0.25) is 0 Å². The maximum absolute atomic E-state index is 7.56. The molecule has 0 aliphatic carbocycles. The number of nitrogens with two attached hydrogens (primary N) is 1. The Morgan fingerprint density at radius 2 is 2.07 bits per heavy atom. The van der Waals surface area contributed by atoms with Gasteiger partial charge in [0.25, 0.3) is 0 Å². The van der Waals surface area contributed by atoms with Crippen molar-refractivity contribution in [1.82, 2.24) is 4.90 Å². The van der Waals surface area contributed by atoms with E-state index < -0.39 is 0 Å². The van der Waals surface area contributed by atoms with Crippen LogP contribution in [0, 0.1) is 11.3 Å². The van der Waals surface area contributed by atoms with Crippen molar-refractivity contribution < 1.29 is 4.74 Å². The van der Waals surface area contributed by atoms with Gasteiger partial charge in [0.1, 0.15) is 5.84 Å².